The lowest BCUT2D eigenvalue weighted by Gasteiger charge is -2.11. The summed E-state index contributed by atoms with van der Waals surface area (Å²) in [5.74, 6) is 0.140. The predicted molar refractivity (Wildman–Crippen MR) is 64.4 cm³/mol. The SMILES string of the molecule is CC(C)OCCNC(=O)CCC1CCCN1. The standard InChI is InChI=1S/C12H24N2O2/c1-10(2)16-9-8-14-12(15)6-5-11-4-3-7-13-11/h10-11,13H,3-9H2,1-2H3,(H,14,15). The van der Waals surface area contributed by atoms with Gasteiger partial charge in [-0.2, -0.15) is 0 Å². The van der Waals surface area contributed by atoms with E-state index in [4.69, 9.17) is 4.74 Å². The Bertz CT molecular complexity index is 201. The molecule has 0 aromatic rings. The van der Waals surface area contributed by atoms with Crippen LogP contribution in [0.15, 0.2) is 0 Å². The van der Waals surface area contributed by atoms with Gasteiger partial charge in [-0.1, -0.05) is 0 Å². The van der Waals surface area contributed by atoms with Crippen molar-refractivity contribution in [3.05, 3.63) is 0 Å². The molecular formula is C12H24N2O2. The lowest BCUT2D eigenvalue weighted by molar-refractivity contribution is -0.121. The summed E-state index contributed by atoms with van der Waals surface area (Å²) in [4.78, 5) is 11.4. The van der Waals surface area contributed by atoms with E-state index >= 15 is 0 Å². The summed E-state index contributed by atoms with van der Waals surface area (Å²) in [5, 5.41) is 6.26. The quantitative estimate of drug-likeness (QED) is 0.641. The van der Waals surface area contributed by atoms with E-state index in [0.717, 1.165) is 13.0 Å². The van der Waals surface area contributed by atoms with Crippen molar-refractivity contribution in [2.75, 3.05) is 19.7 Å². The highest BCUT2D eigenvalue weighted by atomic mass is 16.5. The molecule has 94 valence electrons. The van der Waals surface area contributed by atoms with E-state index in [0.29, 0.717) is 25.6 Å². The summed E-state index contributed by atoms with van der Waals surface area (Å²) in [6.07, 6.45) is 4.27. The molecule has 1 amide bonds. The van der Waals surface area contributed by atoms with Crippen LogP contribution in [0.1, 0.15) is 39.5 Å². The van der Waals surface area contributed by atoms with Gasteiger partial charge in [-0.3, -0.25) is 4.79 Å². The normalized spacial score (nSPS) is 20.3. The van der Waals surface area contributed by atoms with Gasteiger partial charge in [0, 0.05) is 19.0 Å². The molecular weight excluding hydrogens is 204 g/mol. The molecule has 1 aliphatic rings. The highest BCUT2D eigenvalue weighted by Gasteiger charge is 2.14. The van der Waals surface area contributed by atoms with Gasteiger partial charge < -0.3 is 15.4 Å². The van der Waals surface area contributed by atoms with Crippen molar-refractivity contribution < 1.29 is 9.53 Å². The second kappa shape index (κ2) is 7.63. The van der Waals surface area contributed by atoms with Crippen molar-refractivity contribution in [1.82, 2.24) is 10.6 Å². The molecule has 16 heavy (non-hydrogen) atoms. The van der Waals surface area contributed by atoms with Crippen LogP contribution in [0.5, 0.6) is 0 Å². The van der Waals surface area contributed by atoms with Gasteiger partial charge in [0.25, 0.3) is 0 Å². The zero-order valence-corrected chi connectivity index (χ0v) is 10.4. The summed E-state index contributed by atoms with van der Waals surface area (Å²) in [7, 11) is 0. The Kier molecular flexibility index (Phi) is 6.42. The highest BCUT2D eigenvalue weighted by molar-refractivity contribution is 5.75. The summed E-state index contributed by atoms with van der Waals surface area (Å²) in [6, 6.07) is 0.553. The Labute approximate surface area is 98.1 Å². The molecule has 4 heteroatoms. The van der Waals surface area contributed by atoms with Crippen LogP contribution in [0.4, 0.5) is 0 Å². The first-order valence-corrected chi connectivity index (χ1v) is 6.30. The van der Waals surface area contributed by atoms with Crippen molar-refractivity contribution in [2.24, 2.45) is 0 Å². The lowest BCUT2D eigenvalue weighted by atomic mass is 10.1. The monoisotopic (exact) mass is 228 g/mol. The van der Waals surface area contributed by atoms with Crippen molar-refractivity contribution in [1.29, 1.82) is 0 Å². The topological polar surface area (TPSA) is 50.4 Å². The molecule has 1 atom stereocenters. The average Bonchev–Trinajstić information content (AvgIpc) is 2.74. The molecule has 1 saturated heterocycles. The minimum Gasteiger partial charge on any atom is -0.377 e. The molecule has 4 nitrogen and oxygen atoms in total. The van der Waals surface area contributed by atoms with Gasteiger partial charge in [0.1, 0.15) is 0 Å². The first-order chi connectivity index (χ1) is 7.68. The van der Waals surface area contributed by atoms with Gasteiger partial charge in [-0.15, -0.1) is 0 Å². The molecule has 1 fully saturated rings. The summed E-state index contributed by atoms with van der Waals surface area (Å²) in [6.45, 7) is 6.32. The summed E-state index contributed by atoms with van der Waals surface area (Å²) in [5.41, 5.74) is 0. The van der Waals surface area contributed by atoms with E-state index < -0.39 is 0 Å². The van der Waals surface area contributed by atoms with Crippen LogP contribution in [-0.2, 0) is 9.53 Å². The van der Waals surface area contributed by atoms with Crippen LogP contribution in [0.25, 0.3) is 0 Å². The Morgan fingerprint density at radius 2 is 2.38 bits per heavy atom. The third kappa shape index (κ3) is 6.08. The van der Waals surface area contributed by atoms with Gasteiger partial charge in [-0.25, -0.2) is 0 Å². The smallest absolute Gasteiger partial charge is 0.220 e. The maximum Gasteiger partial charge on any atom is 0.220 e. The van der Waals surface area contributed by atoms with Crippen molar-refractivity contribution in [3.8, 4) is 0 Å². The van der Waals surface area contributed by atoms with E-state index in [9.17, 15) is 4.79 Å². The van der Waals surface area contributed by atoms with Gasteiger partial charge in [0.15, 0.2) is 0 Å². The van der Waals surface area contributed by atoms with Gasteiger partial charge in [0.2, 0.25) is 5.91 Å². The Hall–Kier alpha value is -0.610. The molecule has 2 N–H and O–H groups in total. The molecule has 0 bridgehead atoms. The minimum absolute atomic E-state index is 0.140. The maximum atomic E-state index is 11.4. The molecule has 0 saturated carbocycles. The largest absolute Gasteiger partial charge is 0.377 e. The lowest BCUT2D eigenvalue weighted by Crippen LogP contribution is -2.30. The second-order valence-corrected chi connectivity index (χ2v) is 4.60. The average molecular weight is 228 g/mol. The number of carbonyl (C=O) groups excluding carboxylic acids is 1. The first kappa shape index (κ1) is 13.5. The first-order valence-electron chi connectivity index (χ1n) is 6.30. The van der Waals surface area contributed by atoms with Gasteiger partial charge in [0.05, 0.1) is 12.7 Å². The number of hydrogen-bond acceptors (Lipinski definition) is 3. The fraction of sp³-hybridized carbons (Fsp3) is 0.917. The van der Waals surface area contributed by atoms with Crippen LogP contribution in [-0.4, -0.2) is 37.7 Å². The van der Waals surface area contributed by atoms with Crippen LogP contribution in [0.3, 0.4) is 0 Å². The molecule has 0 aromatic heterocycles. The molecule has 0 aliphatic carbocycles. The van der Waals surface area contributed by atoms with Gasteiger partial charge in [-0.05, 0) is 39.7 Å². The third-order valence-electron chi connectivity index (χ3n) is 2.76. The second-order valence-electron chi connectivity index (χ2n) is 4.60. The fourth-order valence-corrected chi connectivity index (χ4v) is 1.88. The number of ether oxygens (including phenoxy) is 1. The number of amides is 1. The molecule has 0 radical (unpaired) electrons. The van der Waals surface area contributed by atoms with E-state index in [1.165, 1.54) is 12.8 Å². The van der Waals surface area contributed by atoms with Crippen LogP contribution in [0, 0.1) is 0 Å². The molecule has 0 aromatic carbocycles. The van der Waals surface area contributed by atoms with Crippen molar-refractivity contribution in [2.45, 2.75) is 51.7 Å². The van der Waals surface area contributed by atoms with Crippen LogP contribution in [0.2, 0.25) is 0 Å². The summed E-state index contributed by atoms with van der Waals surface area (Å²) < 4.78 is 5.34. The van der Waals surface area contributed by atoms with E-state index in [-0.39, 0.29) is 12.0 Å². The third-order valence-corrected chi connectivity index (χ3v) is 2.76. The number of carbonyl (C=O) groups is 1. The Morgan fingerprint density at radius 3 is 3.00 bits per heavy atom. The number of rotatable bonds is 7. The van der Waals surface area contributed by atoms with Crippen LogP contribution < -0.4 is 10.6 Å². The van der Waals surface area contributed by atoms with Crippen molar-refractivity contribution >= 4 is 5.91 Å². The molecule has 1 unspecified atom stereocenters. The zero-order valence-electron chi connectivity index (χ0n) is 10.4. The van der Waals surface area contributed by atoms with E-state index in [2.05, 4.69) is 10.6 Å². The maximum absolute atomic E-state index is 11.4. The Balaban J connectivity index is 1.94. The fourth-order valence-electron chi connectivity index (χ4n) is 1.88. The highest BCUT2D eigenvalue weighted by Crippen LogP contribution is 2.10. The van der Waals surface area contributed by atoms with Crippen LogP contribution >= 0.6 is 0 Å². The molecule has 0 spiro atoms. The molecule has 1 aliphatic heterocycles. The van der Waals surface area contributed by atoms with Crippen molar-refractivity contribution in [3.63, 3.8) is 0 Å². The minimum atomic E-state index is 0.140. The molecule has 1 rings (SSSR count). The molecule has 1 heterocycles. The van der Waals surface area contributed by atoms with Gasteiger partial charge >= 0.3 is 0 Å². The number of nitrogens with one attached hydrogen (secondary N) is 2. The summed E-state index contributed by atoms with van der Waals surface area (Å²) >= 11 is 0. The zero-order chi connectivity index (χ0) is 11.8. The number of hydrogen-bond donors (Lipinski definition) is 2. The predicted octanol–water partition coefficient (Wildman–Crippen LogP) is 1.06. The van der Waals surface area contributed by atoms with E-state index in [1.54, 1.807) is 0 Å². The Morgan fingerprint density at radius 1 is 1.56 bits per heavy atom. The van der Waals surface area contributed by atoms with E-state index in [1.807, 2.05) is 13.8 Å².